The van der Waals surface area contributed by atoms with Gasteiger partial charge in [-0.05, 0) is 31.2 Å². The summed E-state index contributed by atoms with van der Waals surface area (Å²) in [4.78, 5) is 36.2. The molecular weight excluding hydrogens is 306 g/mol. The fourth-order valence-corrected chi connectivity index (χ4v) is 2.10. The predicted molar refractivity (Wildman–Crippen MR) is 91.8 cm³/mol. The molecule has 6 nitrogen and oxygen atoms in total. The first-order valence-electron chi connectivity index (χ1n) is 7.51. The van der Waals surface area contributed by atoms with Crippen LogP contribution in [0.1, 0.15) is 27.6 Å². The number of carbonyl (C=O) groups excluding carboxylic acids is 3. The molecule has 0 saturated heterocycles. The van der Waals surface area contributed by atoms with E-state index < -0.39 is 11.9 Å². The van der Waals surface area contributed by atoms with Gasteiger partial charge >= 0.3 is 0 Å². The van der Waals surface area contributed by atoms with Crippen LogP contribution in [0.5, 0.6) is 0 Å². The van der Waals surface area contributed by atoms with Crippen LogP contribution in [0.4, 0.5) is 5.69 Å². The van der Waals surface area contributed by atoms with E-state index in [4.69, 9.17) is 0 Å². The summed E-state index contributed by atoms with van der Waals surface area (Å²) < 4.78 is 0. The van der Waals surface area contributed by atoms with Gasteiger partial charge in [0.15, 0.2) is 0 Å². The molecule has 0 aliphatic rings. The van der Waals surface area contributed by atoms with Crippen molar-refractivity contribution in [3.05, 3.63) is 65.7 Å². The molecule has 2 rings (SSSR count). The maximum atomic E-state index is 12.3. The maximum Gasteiger partial charge on any atom is 0.253 e. The summed E-state index contributed by atoms with van der Waals surface area (Å²) in [5, 5.41) is 7.81. The highest BCUT2D eigenvalue weighted by Crippen LogP contribution is 2.15. The molecule has 0 aliphatic carbocycles. The summed E-state index contributed by atoms with van der Waals surface area (Å²) in [5.74, 6) is -1.04. The van der Waals surface area contributed by atoms with Gasteiger partial charge < -0.3 is 16.0 Å². The molecule has 3 amide bonds. The first kappa shape index (κ1) is 17.2. The Morgan fingerprint density at radius 2 is 1.50 bits per heavy atom. The summed E-state index contributed by atoms with van der Waals surface area (Å²) >= 11 is 0. The monoisotopic (exact) mass is 325 g/mol. The van der Waals surface area contributed by atoms with Crippen LogP contribution < -0.4 is 16.0 Å². The third-order valence-electron chi connectivity index (χ3n) is 3.43. The molecule has 0 bridgehead atoms. The van der Waals surface area contributed by atoms with E-state index in [1.54, 1.807) is 55.5 Å². The minimum Gasteiger partial charge on any atom is -0.355 e. The zero-order valence-electron chi connectivity index (χ0n) is 13.5. The average Bonchev–Trinajstić information content (AvgIpc) is 2.62. The molecule has 1 atom stereocenters. The minimum absolute atomic E-state index is 0.299. The van der Waals surface area contributed by atoms with Crippen LogP contribution in [0.3, 0.4) is 0 Å². The third-order valence-corrected chi connectivity index (χ3v) is 3.43. The highest BCUT2D eigenvalue weighted by Gasteiger charge is 2.18. The van der Waals surface area contributed by atoms with Crippen LogP contribution in [0.25, 0.3) is 0 Å². The largest absolute Gasteiger partial charge is 0.355 e. The van der Waals surface area contributed by atoms with E-state index in [2.05, 4.69) is 16.0 Å². The van der Waals surface area contributed by atoms with Crippen molar-refractivity contribution in [3.8, 4) is 0 Å². The standard InChI is InChI=1S/C18H19N3O3/c1-12(20-17(23)13-8-4-3-5-9-13)16(22)21-15-11-7-6-10-14(15)18(24)19-2/h3-12H,1-2H3,(H,19,24)(H,20,23)(H,21,22). The van der Waals surface area contributed by atoms with Crippen molar-refractivity contribution in [1.82, 2.24) is 10.6 Å². The Morgan fingerprint density at radius 3 is 2.17 bits per heavy atom. The van der Waals surface area contributed by atoms with Crippen molar-refractivity contribution in [2.24, 2.45) is 0 Å². The number of hydrogen-bond donors (Lipinski definition) is 3. The number of benzene rings is 2. The normalized spacial score (nSPS) is 11.2. The first-order valence-corrected chi connectivity index (χ1v) is 7.51. The Bertz CT molecular complexity index is 744. The van der Waals surface area contributed by atoms with Gasteiger partial charge in [-0.15, -0.1) is 0 Å². The van der Waals surface area contributed by atoms with E-state index in [1.165, 1.54) is 7.05 Å². The van der Waals surface area contributed by atoms with E-state index in [0.717, 1.165) is 0 Å². The molecule has 0 radical (unpaired) electrons. The highest BCUT2D eigenvalue weighted by molar-refractivity contribution is 6.06. The minimum atomic E-state index is -0.754. The van der Waals surface area contributed by atoms with Gasteiger partial charge in [0.1, 0.15) is 6.04 Å². The van der Waals surface area contributed by atoms with Crippen LogP contribution in [-0.2, 0) is 4.79 Å². The maximum absolute atomic E-state index is 12.3. The number of nitrogens with one attached hydrogen (secondary N) is 3. The zero-order chi connectivity index (χ0) is 17.5. The van der Waals surface area contributed by atoms with Crippen molar-refractivity contribution >= 4 is 23.4 Å². The second kappa shape index (κ2) is 7.92. The summed E-state index contributed by atoms with van der Waals surface area (Å²) in [5.41, 5.74) is 1.22. The Labute approximate surface area is 140 Å². The Balaban J connectivity index is 2.05. The molecule has 6 heteroatoms. The molecule has 24 heavy (non-hydrogen) atoms. The second-order valence-corrected chi connectivity index (χ2v) is 5.18. The number of carbonyl (C=O) groups is 3. The first-order chi connectivity index (χ1) is 11.5. The molecule has 0 aromatic heterocycles. The fourth-order valence-electron chi connectivity index (χ4n) is 2.10. The van der Waals surface area contributed by atoms with E-state index in [9.17, 15) is 14.4 Å². The van der Waals surface area contributed by atoms with Crippen molar-refractivity contribution in [1.29, 1.82) is 0 Å². The van der Waals surface area contributed by atoms with Crippen LogP contribution in [0.15, 0.2) is 54.6 Å². The number of anilines is 1. The molecule has 2 aromatic carbocycles. The second-order valence-electron chi connectivity index (χ2n) is 5.18. The van der Waals surface area contributed by atoms with E-state index in [-0.39, 0.29) is 11.8 Å². The Kier molecular flexibility index (Phi) is 5.68. The number of para-hydroxylation sites is 1. The smallest absolute Gasteiger partial charge is 0.253 e. The van der Waals surface area contributed by atoms with Gasteiger partial charge in [-0.2, -0.15) is 0 Å². The van der Waals surface area contributed by atoms with Gasteiger partial charge in [-0.3, -0.25) is 14.4 Å². The van der Waals surface area contributed by atoms with Gasteiger partial charge in [0.2, 0.25) is 5.91 Å². The third kappa shape index (κ3) is 4.19. The molecule has 0 heterocycles. The van der Waals surface area contributed by atoms with Crippen molar-refractivity contribution in [3.63, 3.8) is 0 Å². The molecule has 0 fully saturated rings. The van der Waals surface area contributed by atoms with E-state index >= 15 is 0 Å². The zero-order valence-corrected chi connectivity index (χ0v) is 13.5. The lowest BCUT2D eigenvalue weighted by molar-refractivity contribution is -0.117. The van der Waals surface area contributed by atoms with E-state index in [1.807, 2.05) is 6.07 Å². The summed E-state index contributed by atoms with van der Waals surface area (Å²) in [6, 6.07) is 14.6. The van der Waals surface area contributed by atoms with Crippen LogP contribution in [0.2, 0.25) is 0 Å². The molecule has 0 aliphatic heterocycles. The van der Waals surface area contributed by atoms with Crippen molar-refractivity contribution in [2.75, 3.05) is 12.4 Å². The lowest BCUT2D eigenvalue weighted by Crippen LogP contribution is -2.41. The van der Waals surface area contributed by atoms with Crippen molar-refractivity contribution in [2.45, 2.75) is 13.0 Å². The number of hydrogen-bond acceptors (Lipinski definition) is 3. The molecular formula is C18H19N3O3. The van der Waals surface area contributed by atoms with Crippen molar-refractivity contribution < 1.29 is 14.4 Å². The summed E-state index contributed by atoms with van der Waals surface area (Å²) in [7, 11) is 1.52. The number of rotatable bonds is 5. The lowest BCUT2D eigenvalue weighted by Gasteiger charge is -2.16. The molecule has 3 N–H and O–H groups in total. The predicted octanol–water partition coefficient (Wildman–Crippen LogP) is 1.80. The number of amides is 3. The average molecular weight is 325 g/mol. The van der Waals surface area contributed by atoms with Crippen LogP contribution in [-0.4, -0.2) is 30.8 Å². The summed E-state index contributed by atoms with van der Waals surface area (Å²) in [6.45, 7) is 1.58. The Morgan fingerprint density at radius 1 is 0.875 bits per heavy atom. The van der Waals surface area contributed by atoms with Gasteiger partial charge in [0, 0.05) is 12.6 Å². The quantitative estimate of drug-likeness (QED) is 0.783. The van der Waals surface area contributed by atoms with E-state index in [0.29, 0.717) is 16.8 Å². The van der Waals surface area contributed by atoms with Gasteiger partial charge in [0.05, 0.1) is 11.3 Å². The molecule has 0 saturated carbocycles. The SMILES string of the molecule is CNC(=O)c1ccccc1NC(=O)C(C)NC(=O)c1ccccc1. The topological polar surface area (TPSA) is 87.3 Å². The molecule has 0 spiro atoms. The van der Waals surface area contributed by atoms with Gasteiger partial charge in [-0.1, -0.05) is 30.3 Å². The molecule has 2 aromatic rings. The molecule has 124 valence electrons. The van der Waals surface area contributed by atoms with Gasteiger partial charge in [0.25, 0.3) is 11.8 Å². The Hall–Kier alpha value is -3.15. The van der Waals surface area contributed by atoms with Crippen LogP contribution >= 0.6 is 0 Å². The highest BCUT2D eigenvalue weighted by atomic mass is 16.2. The van der Waals surface area contributed by atoms with Gasteiger partial charge in [-0.25, -0.2) is 0 Å². The summed E-state index contributed by atoms with van der Waals surface area (Å²) in [6.07, 6.45) is 0. The lowest BCUT2D eigenvalue weighted by atomic mass is 10.1. The van der Waals surface area contributed by atoms with Crippen LogP contribution in [0, 0.1) is 0 Å². The molecule has 1 unspecified atom stereocenters. The fraction of sp³-hybridized carbons (Fsp3) is 0.167.